The number of amides is 1. The molecule has 6 nitrogen and oxygen atoms in total. The smallest absolute Gasteiger partial charge is 0.339 e. The van der Waals surface area contributed by atoms with E-state index in [-0.39, 0.29) is 22.9 Å². The predicted molar refractivity (Wildman–Crippen MR) is 92.0 cm³/mol. The van der Waals surface area contributed by atoms with Crippen molar-refractivity contribution in [3.8, 4) is 0 Å². The first-order chi connectivity index (χ1) is 11.1. The molecule has 0 unspecified atom stereocenters. The van der Waals surface area contributed by atoms with Crippen molar-refractivity contribution in [1.29, 1.82) is 0 Å². The van der Waals surface area contributed by atoms with Crippen LogP contribution in [-0.4, -0.2) is 44.8 Å². The molecule has 0 aliphatic carbocycles. The van der Waals surface area contributed by atoms with E-state index in [9.17, 15) is 9.59 Å². The lowest BCUT2D eigenvalue weighted by Gasteiger charge is -2.38. The monoisotopic (exact) mass is 335 g/mol. The molecule has 1 N–H and O–H groups in total. The Morgan fingerprint density at radius 2 is 1.92 bits per heavy atom. The summed E-state index contributed by atoms with van der Waals surface area (Å²) in [6.45, 7) is 11.5. The number of hydrogen-bond acceptors (Lipinski definition) is 3. The van der Waals surface area contributed by atoms with Gasteiger partial charge in [-0.15, -0.1) is 0 Å². The van der Waals surface area contributed by atoms with Crippen molar-refractivity contribution in [1.82, 2.24) is 14.7 Å². The molecule has 0 aromatic carbocycles. The Balaban J connectivity index is 2.01. The van der Waals surface area contributed by atoms with E-state index in [2.05, 4.69) is 18.9 Å². The highest BCUT2D eigenvalue weighted by Crippen LogP contribution is 2.31. The molecule has 1 aromatic heterocycles. The standard InChI is InChI=1S/C18H29N3O3/c1-12(2)10-18(4,5)17(24)20-8-6-14(7-9-20)21-13(3)15(11-19-21)16(22)23/h11-12,14H,6-10H2,1-5H3,(H,22,23). The number of carboxylic acids is 1. The minimum atomic E-state index is -0.943. The molecule has 1 aromatic rings. The summed E-state index contributed by atoms with van der Waals surface area (Å²) < 4.78 is 1.81. The van der Waals surface area contributed by atoms with E-state index < -0.39 is 5.97 Å². The van der Waals surface area contributed by atoms with Gasteiger partial charge >= 0.3 is 5.97 Å². The zero-order valence-corrected chi connectivity index (χ0v) is 15.4. The van der Waals surface area contributed by atoms with Gasteiger partial charge in [-0.1, -0.05) is 27.7 Å². The molecular weight excluding hydrogens is 306 g/mol. The first kappa shape index (κ1) is 18.5. The fraction of sp³-hybridized carbons (Fsp3) is 0.722. The van der Waals surface area contributed by atoms with Crippen LogP contribution in [-0.2, 0) is 4.79 Å². The van der Waals surface area contributed by atoms with Crippen LogP contribution in [0.15, 0.2) is 6.20 Å². The average Bonchev–Trinajstić information content (AvgIpc) is 2.87. The maximum atomic E-state index is 12.8. The highest BCUT2D eigenvalue weighted by atomic mass is 16.4. The third-order valence-electron chi connectivity index (χ3n) is 4.87. The first-order valence-corrected chi connectivity index (χ1v) is 8.70. The zero-order chi connectivity index (χ0) is 18.1. The number of carbonyl (C=O) groups is 2. The molecule has 0 radical (unpaired) electrons. The van der Waals surface area contributed by atoms with Gasteiger partial charge in [0.2, 0.25) is 5.91 Å². The minimum Gasteiger partial charge on any atom is -0.478 e. The van der Waals surface area contributed by atoms with Gasteiger partial charge < -0.3 is 10.0 Å². The maximum absolute atomic E-state index is 12.8. The van der Waals surface area contributed by atoms with Crippen LogP contribution in [0.1, 0.15) is 69.1 Å². The SMILES string of the molecule is Cc1c(C(=O)O)cnn1C1CCN(C(=O)C(C)(C)CC(C)C)CC1. The topological polar surface area (TPSA) is 75.4 Å². The number of likely N-dealkylation sites (tertiary alicyclic amines) is 1. The summed E-state index contributed by atoms with van der Waals surface area (Å²) >= 11 is 0. The fourth-order valence-corrected chi connectivity index (χ4v) is 3.85. The number of carboxylic acid groups (broad SMARTS) is 1. The molecule has 1 aliphatic heterocycles. The van der Waals surface area contributed by atoms with E-state index in [0.717, 1.165) is 19.3 Å². The molecule has 1 aliphatic rings. The quantitative estimate of drug-likeness (QED) is 0.897. The first-order valence-electron chi connectivity index (χ1n) is 8.70. The van der Waals surface area contributed by atoms with Crippen molar-refractivity contribution in [2.24, 2.45) is 11.3 Å². The largest absolute Gasteiger partial charge is 0.478 e. The van der Waals surface area contributed by atoms with Gasteiger partial charge in [-0.25, -0.2) is 4.79 Å². The predicted octanol–water partition coefficient (Wildman–Crippen LogP) is 3.13. The molecule has 0 bridgehead atoms. The van der Waals surface area contributed by atoms with Crippen molar-refractivity contribution in [2.75, 3.05) is 13.1 Å². The van der Waals surface area contributed by atoms with Gasteiger partial charge in [-0.2, -0.15) is 5.10 Å². The molecule has 1 saturated heterocycles. The lowest BCUT2D eigenvalue weighted by atomic mass is 9.82. The Labute approximate surface area is 143 Å². The molecule has 6 heteroatoms. The van der Waals surface area contributed by atoms with E-state index in [1.807, 2.05) is 23.4 Å². The highest BCUT2D eigenvalue weighted by molar-refractivity contribution is 5.88. The number of piperidine rings is 1. The number of hydrogen-bond donors (Lipinski definition) is 1. The van der Waals surface area contributed by atoms with Crippen molar-refractivity contribution in [3.63, 3.8) is 0 Å². The summed E-state index contributed by atoms with van der Waals surface area (Å²) in [5.74, 6) is -0.234. The van der Waals surface area contributed by atoms with E-state index in [1.165, 1.54) is 6.20 Å². The van der Waals surface area contributed by atoms with E-state index >= 15 is 0 Å². The molecule has 0 spiro atoms. The number of rotatable bonds is 5. The van der Waals surface area contributed by atoms with E-state index in [0.29, 0.717) is 24.7 Å². The summed E-state index contributed by atoms with van der Waals surface area (Å²) in [5.41, 5.74) is 0.609. The normalized spacial score (nSPS) is 16.7. The van der Waals surface area contributed by atoms with Gasteiger partial charge in [0, 0.05) is 18.5 Å². The maximum Gasteiger partial charge on any atom is 0.339 e. The van der Waals surface area contributed by atoms with Crippen molar-refractivity contribution in [2.45, 2.75) is 59.9 Å². The number of aromatic nitrogens is 2. The molecule has 0 saturated carbocycles. The van der Waals surface area contributed by atoms with Gasteiger partial charge in [0.05, 0.1) is 17.9 Å². The van der Waals surface area contributed by atoms with Crippen molar-refractivity contribution >= 4 is 11.9 Å². The Hall–Kier alpha value is -1.85. The molecule has 1 amide bonds. The lowest BCUT2D eigenvalue weighted by Crippen LogP contribution is -2.46. The van der Waals surface area contributed by atoms with E-state index in [1.54, 1.807) is 6.92 Å². The zero-order valence-electron chi connectivity index (χ0n) is 15.4. The minimum absolute atomic E-state index is 0.162. The number of nitrogens with zero attached hydrogens (tertiary/aromatic N) is 3. The van der Waals surface area contributed by atoms with Gasteiger partial charge in [0.15, 0.2) is 0 Å². The second-order valence-electron chi connectivity index (χ2n) is 7.90. The summed E-state index contributed by atoms with van der Waals surface area (Å²) in [7, 11) is 0. The summed E-state index contributed by atoms with van der Waals surface area (Å²) in [4.78, 5) is 25.9. The Morgan fingerprint density at radius 3 is 2.38 bits per heavy atom. The second kappa shape index (κ2) is 6.95. The summed E-state index contributed by atoms with van der Waals surface area (Å²) in [6.07, 6.45) is 3.92. The molecule has 24 heavy (non-hydrogen) atoms. The molecule has 134 valence electrons. The van der Waals surface area contributed by atoms with E-state index in [4.69, 9.17) is 5.11 Å². The highest BCUT2D eigenvalue weighted by Gasteiger charge is 2.35. The molecular formula is C18H29N3O3. The Bertz CT molecular complexity index is 611. The van der Waals surface area contributed by atoms with Gasteiger partial charge in [0.25, 0.3) is 0 Å². The third-order valence-corrected chi connectivity index (χ3v) is 4.87. The van der Waals surface area contributed by atoms with Crippen molar-refractivity contribution in [3.05, 3.63) is 17.5 Å². The number of aromatic carboxylic acids is 1. The summed E-state index contributed by atoms with van der Waals surface area (Å²) in [5, 5.41) is 13.4. The van der Waals surface area contributed by atoms with Crippen LogP contribution in [0.4, 0.5) is 0 Å². The molecule has 1 fully saturated rings. The van der Waals surface area contributed by atoms with Crippen molar-refractivity contribution < 1.29 is 14.7 Å². The molecule has 0 atom stereocenters. The van der Waals surface area contributed by atoms with Crippen LogP contribution in [0.5, 0.6) is 0 Å². The van der Waals surface area contributed by atoms with Crippen LogP contribution in [0.3, 0.4) is 0 Å². The third kappa shape index (κ3) is 3.79. The Kier molecular flexibility index (Phi) is 5.35. The lowest BCUT2D eigenvalue weighted by molar-refractivity contribution is -0.142. The van der Waals surface area contributed by atoms with Gasteiger partial charge in [0.1, 0.15) is 5.56 Å². The Morgan fingerprint density at radius 1 is 1.33 bits per heavy atom. The van der Waals surface area contributed by atoms with Crippen LogP contribution in [0.25, 0.3) is 0 Å². The molecule has 2 rings (SSSR count). The van der Waals surface area contributed by atoms with Crippen LogP contribution < -0.4 is 0 Å². The summed E-state index contributed by atoms with van der Waals surface area (Å²) in [6, 6.07) is 0.162. The average molecular weight is 335 g/mol. The number of carbonyl (C=O) groups excluding carboxylic acids is 1. The van der Waals surface area contributed by atoms with Gasteiger partial charge in [-0.3, -0.25) is 9.48 Å². The fourth-order valence-electron chi connectivity index (χ4n) is 3.85. The van der Waals surface area contributed by atoms with Crippen LogP contribution in [0.2, 0.25) is 0 Å². The second-order valence-corrected chi connectivity index (χ2v) is 7.90. The van der Waals surface area contributed by atoms with Crippen LogP contribution in [0, 0.1) is 18.3 Å². The van der Waals surface area contributed by atoms with Crippen LogP contribution >= 0.6 is 0 Å². The molecule has 2 heterocycles. The van der Waals surface area contributed by atoms with Gasteiger partial charge in [-0.05, 0) is 32.1 Å².